The van der Waals surface area contributed by atoms with E-state index in [1.54, 1.807) is 6.26 Å². The Bertz CT molecular complexity index is 913. The van der Waals surface area contributed by atoms with Gasteiger partial charge in [0.15, 0.2) is 0 Å². The average Bonchev–Trinajstić information content (AvgIpc) is 3.29. The van der Waals surface area contributed by atoms with Gasteiger partial charge in [0.1, 0.15) is 17.6 Å². The molecule has 2 heterocycles. The van der Waals surface area contributed by atoms with E-state index in [1.807, 2.05) is 30.5 Å². The third kappa shape index (κ3) is 4.79. The van der Waals surface area contributed by atoms with Gasteiger partial charge in [0.25, 0.3) is 0 Å². The van der Waals surface area contributed by atoms with Crippen LogP contribution in [0.5, 0.6) is 0 Å². The largest absolute Gasteiger partial charge is 0.467 e. The van der Waals surface area contributed by atoms with Crippen molar-refractivity contribution in [3.63, 3.8) is 0 Å². The van der Waals surface area contributed by atoms with Crippen LogP contribution in [-0.2, 0) is 11.3 Å². The minimum absolute atomic E-state index is 0.122. The maximum Gasteiger partial charge on any atom is 0.239 e. The monoisotopic (exact) mass is 410 g/mol. The predicted octanol–water partition coefficient (Wildman–Crippen LogP) is 4.75. The van der Waals surface area contributed by atoms with Crippen molar-refractivity contribution in [2.24, 2.45) is 11.3 Å². The van der Waals surface area contributed by atoms with Crippen LogP contribution < -0.4 is 10.6 Å². The minimum Gasteiger partial charge on any atom is -0.467 e. The molecule has 0 aliphatic heterocycles. The molecule has 2 N–H and O–H groups in total. The Kier molecular flexibility index (Phi) is 6.72. The van der Waals surface area contributed by atoms with Gasteiger partial charge in [-0.15, -0.1) is 0 Å². The van der Waals surface area contributed by atoms with Gasteiger partial charge in [0, 0.05) is 11.7 Å². The van der Waals surface area contributed by atoms with Crippen molar-refractivity contribution in [3.05, 3.63) is 41.0 Å². The lowest BCUT2D eigenvalue weighted by Gasteiger charge is -2.40. The lowest BCUT2D eigenvalue weighted by atomic mass is 9.69. The number of furan rings is 1. The van der Waals surface area contributed by atoms with Gasteiger partial charge >= 0.3 is 0 Å². The lowest BCUT2D eigenvalue weighted by molar-refractivity contribution is -0.115. The van der Waals surface area contributed by atoms with Crippen molar-refractivity contribution in [2.45, 2.75) is 72.9 Å². The zero-order valence-corrected chi connectivity index (χ0v) is 18.8. The van der Waals surface area contributed by atoms with Gasteiger partial charge in [-0.25, -0.2) is 0 Å². The first-order chi connectivity index (χ1) is 14.2. The van der Waals surface area contributed by atoms with Crippen LogP contribution in [0.4, 0.5) is 5.82 Å². The number of nitriles is 1. The second kappa shape index (κ2) is 9.09. The number of anilines is 1. The fraction of sp³-hybridized carbons (Fsp3) is 0.583. The van der Waals surface area contributed by atoms with Gasteiger partial charge in [-0.1, -0.05) is 33.6 Å². The molecule has 6 heteroatoms. The molecule has 1 aliphatic carbocycles. The van der Waals surface area contributed by atoms with E-state index in [4.69, 9.17) is 4.42 Å². The Morgan fingerprint density at radius 3 is 2.67 bits per heavy atom. The number of hydrogen-bond acceptors (Lipinski definition) is 4. The Balaban J connectivity index is 1.73. The molecule has 0 saturated heterocycles. The summed E-state index contributed by atoms with van der Waals surface area (Å²) in [5, 5.41) is 16.2. The van der Waals surface area contributed by atoms with Gasteiger partial charge < -0.3 is 19.6 Å². The number of carbonyl (C=O) groups is 1. The van der Waals surface area contributed by atoms with Gasteiger partial charge in [-0.05, 0) is 55.7 Å². The van der Waals surface area contributed by atoms with Crippen LogP contribution in [0.15, 0.2) is 22.8 Å². The fourth-order valence-electron chi connectivity index (χ4n) is 4.70. The summed E-state index contributed by atoms with van der Waals surface area (Å²) >= 11 is 0. The molecule has 0 aromatic carbocycles. The average molecular weight is 411 g/mol. The van der Waals surface area contributed by atoms with Crippen molar-refractivity contribution < 1.29 is 9.21 Å². The van der Waals surface area contributed by atoms with Crippen LogP contribution in [0.2, 0.25) is 0 Å². The van der Waals surface area contributed by atoms with Crippen LogP contribution in [0.25, 0.3) is 0 Å². The first-order valence-electron chi connectivity index (χ1n) is 10.9. The quantitative estimate of drug-likeness (QED) is 0.720. The van der Waals surface area contributed by atoms with E-state index < -0.39 is 0 Å². The van der Waals surface area contributed by atoms with E-state index in [9.17, 15) is 10.1 Å². The van der Waals surface area contributed by atoms with E-state index in [2.05, 4.69) is 37.5 Å². The summed E-state index contributed by atoms with van der Waals surface area (Å²) in [6.45, 7) is 11.4. The molecule has 1 saturated carbocycles. The van der Waals surface area contributed by atoms with Crippen molar-refractivity contribution in [1.29, 1.82) is 5.26 Å². The summed E-state index contributed by atoms with van der Waals surface area (Å²) in [4.78, 5) is 12.8. The van der Waals surface area contributed by atoms with Crippen LogP contribution in [-0.4, -0.2) is 23.1 Å². The molecule has 0 radical (unpaired) electrons. The van der Waals surface area contributed by atoms with E-state index >= 15 is 0 Å². The van der Waals surface area contributed by atoms with Crippen LogP contribution in [0.1, 0.15) is 69.0 Å². The molecular formula is C24H34N4O2. The van der Waals surface area contributed by atoms with Crippen LogP contribution >= 0.6 is 0 Å². The molecule has 1 amide bonds. The molecule has 2 aromatic rings. The highest BCUT2D eigenvalue weighted by molar-refractivity contribution is 5.93. The maximum atomic E-state index is 12.8. The van der Waals surface area contributed by atoms with Crippen molar-refractivity contribution in [2.75, 3.05) is 11.9 Å². The van der Waals surface area contributed by atoms with Crippen LogP contribution in [0.3, 0.4) is 0 Å². The SMILES string of the molecule is Cc1c(C#N)c(NC(=O)CNC2CCCCC2C(C)(C)C)n(Cc2ccco2)c1C. The summed E-state index contributed by atoms with van der Waals surface area (Å²) in [5.41, 5.74) is 2.56. The Hall–Kier alpha value is -2.52. The number of nitrogens with zero attached hydrogens (tertiary/aromatic N) is 2. The first-order valence-corrected chi connectivity index (χ1v) is 10.9. The Morgan fingerprint density at radius 1 is 1.30 bits per heavy atom. The molecule has 1 aliphatic rings. The number of rotatable bonds is 6. The van der Waals surface area contributed by atoms with Crippen LogP contribution in [0, 0.1) is 36.5 Å². The molecule has 162 valence electrons. The van der Waals surface area contributed by atoms with E-state index in [-0.39, 0.29) is 17.9 Å². The zero-order chi connectivity index (χ0) is 21.9. The van der Waals surface area contributed by atoms with Gasteiger partial charge in [-0.3, -0.25) is 4.79 Å². The smallest absolute Gasteiger partial charge is 0.239 e. The molecule has 2 aromatic heterocycles. The summed E-state index contributed by atoms with van der Waals surface area (Å²) < 4.78 is 7.42. The molecular weight excluding hydrogens is 376 g/mol. The van der Waals surface area contributed by atoms with Gasteiger partial charge in [-0.2, -0.15) is 5.26 Å². The topological polar surface area (TPSA) is 83.0 Å². The standard InChI is InChI=1S/C24H34N4O2/c1-16-17(2)28(15-18-9-8-12-30-18)23(19(16)13-25)27-22(29)14-26-21-11-7-6-10-20(21)24(3,4)5/h8-9,12,20-21,26H,6-7,10-11,14-15H2,1-5H3,(H,27,29). The highest BCUT2D eigenvalue weighted by atomic mass is 16.3. The van der Waals surface area contributed by atoms with E-state index in [1.165, 1.54) is 19.3 Å². The summed E-state index contributed by atoms with van der Waals surface area (Å²) in [6.07, 6.45) is 6.40. The number of carbonyl (C=O) groups excluding carboxylic acids is 1. The molecule has 2 unspecified atom stereocenters. The summed E-state index contributed by atoms with van der Waals surface area (Å²) in [7, 11) is 0. The number of nitrogens with one attached hydrogen (secondary N) is 2. The second-order valence-corrected chi connectivity index (χ2v) is 9.50. The highest BCUT2D eigenvalue weighted by Gasteiger charge is 2.34. The Morgan fingerprint density at radius 2 is 2.03 bits per heavy atom. The second-order valence-electron chi connectivity index (χ2n) is 9.50. The summed E-state index contributed by atoms with van der Waals surface area (Å²) in [6, 6.07) is 6.33. The lowest BCUT2D eigenvalue weighted by Crippen LogP contribution is -2.46. The van der Waals surface area contributed by atoms with E-state index in [0.717, 1.165) is 23.4 Å². The predicted molar refractivity (Wildman–Crippen MR) is 118 cm³/mol. The number of amides is 1. The van der Waals surface area contributed by atoms with Gasteiger partial charge in [0.05, 0.1) is 24.9 Å². The molecule has 30 heavy (non-hydrogen) atoms. The first kappa shape index (κ1) is 22.2. The number of hydrogen-bond donors (Lipinski definition) is 2. The summed E-state index contributed by atoms with van der Waals surface area (Å²) in [5.74, 6) is 1.76. The zero-order valence-electron chi connectivity index (χ0n) is 18.8. The molecule has 6 nitrogen and oxygen atoms in total. The molecule has 3 rings (SSSR count). The number of aromatic nitrogens is 1. The molecule has 1 fully saturated rings. The van der Waals surface area contributed by atoms with Crippen molar-refractivity contribution >= 4 is 11.7 Å². The third-order valence-electron chi connectivity index (χ3n) is 6.50. The normalized spacial score (nSPS) is 19.5. The maximum absolute atomic E-state index is 12.8. The van der Waals surface area contributed by atoms with Gasteiger partial charge in [0.2, 0.25) is 5.91 Å². The molecule has 2 atom stereocenters. The molecule has 0 spiro atoms. The van der Waals surface area contributed by atoms with E-state index in [0.29, 0.717) is 29.9 Å². The van der Waals surface area contributed by atoms with Crippen molar-refractivity contribution in [3.8, 4) is 6.07 Å². The highest BCUT2D eigenvalue weighted by Crippen LogP contribution is 2.38. The minimum atomic E-state index is -0.122. The van der Waals surface area contributed by atoms with Crippen molar-refractivity contribution in [1.82, 2.24) is 9.88 Å². The fourth-order valence-corrected chi connectivity index (χ4v) is 4.70. The Labute approximate surface area is 179 Å². The molecule has 0 bridgehead atoms. The third-order valence-corrected chi connectivity index (χ3v) is 6.50.